The van der Waals surface area contributed by atoms with Crippen molar-refractivity contribution in [3.8, 4) is 0 Å². The normalized spacial score (nSPS) is 11.6. The van der Waals surface area contributed by atoms with Gasteiger partial charge in [0, 0.05) is 23.6 Å². The molecule has 0 saturated carbocycles. The van der Waals surface area contributed by atoms with Crippen LogP contribution in [-0.2, 0) is 12.7 Å². The van der Waals surface area contributed by atoms with Crippen molar-refractivity contribution in [3.63, 3.8) is 0 Å². The Bertz CT molecular complexity index is 852. The number of hydrogen-bond acceptors (Lipinski definition) is 1. The zero-order chi connectivity index (χ0) is 16.4. The Kier molecular flexibility index (Phi) is 3.82. The molecule has 118 valence electrons. The molecule has 6 heteroatoms. The molecule has 3 rings (SSSR count). The van der Waals surface area contributed by atoms with Crippen LogP contribution in [0, 0.1) is 0 Å². The SMILES string of the molecule is O=C(NCc1cccc2[nH]ccc12)c1ccccc1C(F)(F)F. The molecular formula is C17H13F3N2O. The van der Waals surface area contributed by atoms with Crippen LogP contribution in [0.25, 0.3) is 10.9 Å². The predicted octanol–water partition coefficient (Wildman–Crippen LogP) is 4.12. The highest BCUT2D eigenvalue weighted by molar-refractivity contribution is 5.96. The summed E-state index contributed by atoms with van der Waals surface area (Å²) in [7, 11) is 0. The molecule has 0 aliphatic rings. The van der Waals surface area contributed by atoms with Gasteiger partial charge in [0.1, 0.15) is 0 Å². The molecule has 0 aliphatic carbocycles. The third kappa shape index (κ3) is 3.06. The van der Waals surface area contributed by atoms with Gasteiger partial charge in [0.25, 0.3) is 5.91 Å². The van der Waals surface area contributed by atoms with Crippen molar-refractivity contribution in [2.75, 3.05) is 0 Å². The molecule has 0 radical (unpaired) electrons. The number of halogens is 3. The van der Waals surface area contributed by atoms with Crippen molar-refractivity contribution in [2.24, 2.45) is 0 Å². The number of aromatic amines is 1. The average Bonchev–Trinajstić information content (AvgIpc) is 3.01. The minimum absolute atomic E-state index is 0.153. The molecule has 0 spiro atoms. The van der Waals surface area contributed by atoms with Crippen molar-refractivity contribution < 1.29 is 18.0 Å². The number of carbonyl (C=O) groups excluding carboxylic acids is 1. The third-order valence-electron chi connectivity index (χ3n) is 3.60. The van der Waals surface area contributed by atoms with E-state index < -0.39 is 17.6 Å². The second kappa shape index (κ2) is 5.79. The van der Waals surface area contributed by atoms with Crippen LogP contribution in [0.3, 0.4) is 0 Å². The average molecular weight is 318 g/mol. The van der Waals surface area contributed by atoms with E-state index in [1.807, 2.05) is 24.3 Å². The van der Waals surface area contributed by atoms with Crippen molar-refractivity contribution in [1.82, 2.24) is 10.3 Å². The first-order valence-electron chi connectivity index (χ1n) is 6.96. The van der Waals surface area contributed by atoms with Crippen LogP contribution in [0.4, 0.5) is 13.2 Å². The lowest BCUT2D eigenvalue weighted by Crippen LogP contribution is -2.25. The summed E-state index contributed by atoms with van der Waals surface area (Å²) in [5, 5.41) is 3.48. The first kappa shape index (κ1) is 15.1. The van der Waals surface area contributed by atoms with Crippen molar-refractivity contribution in [3.05, 3.63) is 71.4 Å². The quantitative estimate of drug-likeness (QED) is 0.750. The van der Waals surface area contributed by atoms with Crippen molar-refractivity contribution in [2.45, 2.75) is 12.7 Å². The van der Waals surface area contributed by atoms with E-state index >= 15 is 0 Å². The molecule has 0 aliphatic heterocycles. The zero-order valence-electron chi connectivity index (χ0n) is 11.9. The van der Waals surface area contributed by atoms with Crippen LogP contribution < -0.4 is 5.32 Å². The smallest absolute Gasteiger partial charge is 0.361 e. The maximum Gasteiger partial charge on any atom is 0.417 e. The molecule has 2 N–H and O–H groups in total. The van der Waals surface area contributed by atoms with Crippen LogP contribution >= 0.6 is 0 Å². The Balaban J connectivity index is 1.82. The third-order valence-corrected chi connectivity index (χ3v) is 3.60. The largest absolute Gasteiger partial charge is 0.417 e. The van der Waals surface area contributed by atoms with Gasteiger partial charge in [0.2, 0.25) is 0 Å². The van der Waals surface area contributed by atoms with E-state index in [9.17, 15) is 18.0 Å². The van der Waals surface area contributed by atoms with Gasteiger partial charge in [-0.1, -0.05) is 24.3 Å². The Morgan fingerprint density at radius 3 is 2.61 bits per heavy atom. The molecule has 0 atom stereocenters. The second-order valence-electron chi connectivity index (χ2n) is 5.08. The van der Waals surface area contributed by atoms with E-state index in [-0.39, 0.29) is 12.1 Å². The van der Waals surface area contributed by atoms with E-state index in [1.165, 1.54) is 18.2 Å². The summed E-state index contributed by atoms with van der Waals surface area (Å²) in [6.45, 7) is 0.153. The lowest BCUT2D eigenvalue weighted by atomic mass is 10.1. The van der Waals surface area contributed by atoms with E-state index in [0.717, 1.165) is 22.5 Å². The fourth-order valence-electron chi connectivity index (χ4n) is 2.50. The number of nitrogens with one attached hydrogen (secondary N) is 2. The van der Waals surface area contributed by atoms with Gasteiger partial charge < -0.3 is 10.3 Å². The zero-order valence-corrected chi connectivity index (χ0v) is 11.9. The van der Waals surface area contributed by atoms with Crippen molar-refractivity contribution in [1.29, 1.82) is 0 Å². The maximum atomic E-state index is 13.0. The summed E-state index contributed by atoms with van der Waals surface area (Å²) in [5.41, 5.74) is 0.438. The van der Waals surface area contributed by atoms with Gasteiger partial charge in [0.05, 0.1) is 11.1 Å². The monoisotopic (exact) mass is 318 g/mol. The molecule has 1 aromatic heterocycles. The highest BCUT2D eigenvalue weighted by Crippen LogP contribution is 2.31. The van der Waals surface area contributed by atoms with Gasteiger partial charge in [-0.3, -0.25) is 4.79 Å². The molecule has 0 unspecified atom stereocenters. The fraction of sp³-hybridized carbons (Fsp3) is 0.118. The minimum atomic E-state index is -4.56. The number of aromatic nitrogens is 1. The van der Waals surface area contributed by atoms with Gasteiger partial charge in [-0.2, -0.15) is 13.2 Å². The summed E-state index contributed by atoms with van der Waals surface area (Å²) < 4.78 is 38.9. The molecule has 0 bridgehead atoms. The van der Waals surface area contributed by atoms with E-state index in [4.69, 9.17) is 0 Å². The standard InChI is InChI=1S/C17H13F3N2O/c18-17(19,20)14-6-2-1-5-13(14)16(23)22-10-11-4-3-7-15-12(11)8-9-21-15/h1-9,21H,10H2,(H,22,23). The molecule has 0 fully saturated rings. The number of benzene rings is 2. The fourth-order valence-corrected chi connectivity index (χ4v) is 2.50. The highest BCUT2D eigenvalue weighted by atomic mass is 19.4. The van der Waals surface area contributed by atoms with Crippen LogP contribution in [0.15, 0.2) is 54.7 Å². The highest BCUT2D eigenvalue weighted by Gasteiger charge is 2.34. The molecule has 2 aromatic carbocycles. The Morgan fingerprint density at radius 1 is 1.04 bits per heavy atom. The van der Waals surface area contributed by atoms with E-state index in [0.29, 0.717) is 0 Å². The lowest BCUT2D eigenvalue weighted by Gasteiger charge is -2.13. The molecule has 23 heavy (non-hydrogen) atoms. The molecule has 3 nitrogen and oxygen atoms in total. The summed E-state index contributed by atoms with van der Waals surface area (Å²) in [6.07, 6.45) is -2.79. The van der Waals surface area contributed by atoms with Gasteiger partial charge >= 0.3 is 6.18 Å². The van der Waals surface area contributed by atoms with Crippen LogP contribution in [0.2, 0.25) is 0 Å². The number of fused-ring (bicyclic) bond motifs is 1. The number of alkyl halides is 3. The van der Waals surface area contributed by atoms with E-state index in [2.05, 4.69) is 10.3 Å². The lowest BCUT2D eigenvalue weighted by molar-refractivity contribution is -0.137. The van der Waals surface area contributed by atoms with Gasteiger partial charge in [-0.15, -0.1) is 0 Å². The molecule has 1 heterocycles. The molecule has 1 amide bonds. The van der Waals surface area contributed by atoms with Crippen LogP contribution in [0.1, 0.15) is 21.5 Å². The van der Waals surface area contributed by atoms with E-state index in [1.54, 1.807) is 6.20 Å². The predicted molar refractivity (Wildman–Crippen MR) is 80.9 cm³/mol. The molecular weight excluding hydrogens is 305 g/mol. The Morgan fingerprint density at radius 2 is 1.83 bits per heavy atom. The molecule has 0 saturated heterocycles. The summed E-state index contributed by atoms with van der Waals surface area (Å²) in [6, 6.07) is 12.2. The number of amides is 1. The topological polar surface area (TPSA) is 44.9 Å². The summed E-state index contributed by atoms with van der Waals surface area (Å²) in [5.74, 6) is -0.745. The molecule has 3 aromatic rings. The van der Waals surface area contributed by atoms with Crippen molar-refractivity contribution >= 4 is 16.8 Å². The summed E-state index contributed by atoms with van der Waals surface area (Å²) >= 11 is 0. The number of H-pyrrole nitrogens is 1. The first-order chi connectivity index (χ1) is 11.0. The minimum Gasteiger partial charge on any atom is -0.361 e. The van der Waals surface area contributed by atoms with Crippen LogP contribution in [0.5, 0.6) is 0 Å². The maximum absolute atomic E-state index is 13.0. The number of rotatable bonds is 3. The van der Waals surface area contributed by atoms with Gasteiger partial charge in [-0.05, 0) is 29.8 Å². The van der Waals surface area contributed by atoms with Crippen LogP contribution in [-0.4, -0.2) is 10.9 Å². The number of carbonyl (C=O) groups is 1. The number of hydrogen-bond donors (Lipinski definition) is 2. The van der Waals surface area contributed by atoms with Gasteiger partial charge in [0.15, 0.2) is 0 Å². The Hall–Kier alpha value is -2.76. The summed E-state index contributed by atoms with van der Waals surface area (Å²) in [4.78, 5) is 15.2. The first-order valence-corrected chi connectivity index (χ1v) is 6.96. The second-order valence-corrected chi connectivity index (χ2v) is 5.08. The van der Waals surface area contributed by atoms with Gasteiger partial charge in [-0.25, -0.2) is 0 Å². The Labute approximate surface area is 130 Å².